The fourth-order valence-electron chi connectivity index (χ4n) is 5.65. The average molecular weight is 528 g/mol. The van der Waals surface area contributed by atoms with Gasteiger partial charge in [-0.2, -0.15) is 0 Å². The number of allylic oxidation sites excluding steroid dienone is 2. The van der Waals surface area contributed by atoms with Crippen molar-refractivity contribution in [3.63, 3.8) is 0 Å². The van der Waals surface area contributed by atoms with Crippen molar-refractivity contribution in [1.29, 1.82) is 0 Å². The fraction of sp³-hybridized carbons (Fsp3) is 0.385. The molecule has 2 atom stereocenters. The van der Waals surface area contributed by atoms with Crippen molar-refractivity contribution in [2.24, 2.45) is 11.5 Å². The Morgan fingerprint density at radius 1 is 0.767 bits per heavy atom. The van der Waals surface area contributed by atoms with Gasteiger partial charge in [-0.25, -0.2) is 0 Å². The second kappa shape index (κ2) is 8.38. The van der Waals surface area contributed by atoms with E-state index in [4.69, 9.17) is 11.5 Å². The minimum Gasteiger partial charge on any atom is -0.324 e. The van der Waals surface area contributed by atoms with Crippen molar-refractivity contribution < 1.29 is 0 Å². The third-order valence-corrected chi connectivity index (χ3v) is 8.26. The van der Waals surface area contributed by atoms with Crippen LogP contribution in [0.1, 0.15) is 60.8 Å². The highest BCUT2D eigenvalue weighted by Crippen LogP contribution is 2.44. The average Bonchev–Trinajstić information content (AvgIpc) is 3.29. The van der Waals surface area contributed by atoms with Gasteiger partial charge in [0.05, 0.1) is 0 Å². The molecular formula is C26H28Br2N2. The summed E-state index contributed by atoms with van der Waals surface area (Å²) in [6, 6.07) is 13.7. The topological polar surface area (TPSA) is 52.0 Å². The Balaban J connectivity index is 0.000000128. The van der Waals surface area contributed by atoms with E-state index in [1.807, 2.05) is 0 Å². The van der Waals surface area contributed by atoms with Crippen molar-refractivity contribution in [2.45, 2.75) is 63.5 Å². The van der Waals surface area contributed by atoms with Gasteiger partial charge in [-0.05, 0) is 114 Å². The summed E-state index contributed by atoms with van der Waals surface area (Å²) < 4.78 is 2.41. The standard InChI is InChI=1S/2C13H14BrN/c14-11-5-1-3-8-7-10-9(13(8)11)4-2-6-12(10)15;14-9-4-5-10-8(6-9)7-12-11(10)2-1-3-13(12)15/h1,3,5,12H,2,4,6-7,15H2;4-6,13H,1-3,7,15H2. The van der Waals surface area contributed by atoms with Gasteiger partial charge in [0.1, 0.15) is 0 Å². The summed E-state index contributed by atoms with van der Waals surface area (Å²) in [5.74, 6) is 0. The molecule has 0 radical (unpaired) electrons. The van der Waals surface area contributed by atoms with Crippen LogP contribution < -0.4 is 11.5 Å². The van der Waals surface area contributed by atoms with Gasteiger partial charge < -0.3 is 11.5 Å². The minimum atomic E-state index is 0.299. The van der Waals surface area contributed by atoms with Crippen LogP contribution in [0.25, 0.3) is 11.1 Å². The molecule has 4 aliphatic carbocycles. The Labute approximate surface area is 196 Å². The normalized spacial score (nSPS) is 24.0. The molecule has 0 saturated heterocycles. The van der Waals surface area contributed by atoms with Gasteiger partial charge in [-0.15, -0.1) is 0 Å². The molecule has 2 aromatic carbocycles. The Kier molecular flexibility index (Phi) is 5.78. The largest absolute Gasteiger partial charge is 0.324 e. The van der Waals surface area contributed by atoms with E-state index in [1.165, 1.54) is 79.2 Å². The monoisotopic (exact) mass is 526 g/mol. The first-order valence-electron chi connectivity index (χ1n) is 11.0. The molecule has 0 heterocycles. The molecule has 0 spiro atoms. The molecule has 0 fully saturated rings. The summed E-state index contributed by atoms with van der Waals surface area (Å²) in [4.78, 5) is 0. The number of benzene rings is 2. The predicted molar refractivity (Wildman–Crippen MR) is 133 cm³/mol. The molecule has 0 aromatic heterocycles. The van der Waals surface area contributed by atoms with Crippen molar-refractivity contribution >= 4 is 43.0 Å². The molecule has 2 aromatic rings. The molecule has 2 nitrogen and oxygen atoms in total. The van der Waals surface area contributed by atoms with Crippen LogP contribution in [-0.2, 0) is 12.8 Å². The summed E-state index contributed by atoms with van der Waals surface area (Å²) >= 11 is 7.18. The third-order valence-electron chi connectivity index (χ3n) is 7.11. The van der Waals surface area contributed by atoms with E-state index in [1.54, 1.807) is 0 Å². The van der Waals surface area contributed by atoms with Crippen LogP contribution in [0.4, 0.5) is 0 Å². The van der Waals surface area contributed by atoms with Crippen LogP contribution in [0.2, 0.25) is 0 Å². The summed E-state index contributed by atoms with van der Waals surface area (Å²) in [5, 5.41) is 0. The highest BCUT2D eigenvalue weighted by molar-refractivity contribution is 9.10. The van der Waals surface area contributed by atoms with Crippen LogP contribution in [0.3, 0.4) is 0 Å². The van der Waals surface area contributed by atoms with E-state index in [9.17, 15) is 0 Å². The molecule has 6 rings (SSSR count). The summed E-state index contributed by atoms with van der Waals surface area (Å²) in [6.45, 7) is 0. The number of halogens is 2. The highest BCUT2D eigenvalue weighted by atomic mass is 79.9. The van der Waals surface area contributed by atoms with Gasteiger partial charge in [-0.1, -0.05) is 50.1 Å². The van der Waals surface area contributed by atoms with Gasteiger partial charge in [-0.3, -0.25) is 0 Å². The zero-order valence-corrected chi connectivity index (χ0v) is 20.4. The lowest BCUT2D eigenvalue weighted by Crippen LogP contribution is -2.25. The third kappa shape index (κ3) is 3.66. The zero-order valence-electron chi connectivity index (χ0n) is 17.2. The maximum Gasteiger partial charge on any atom is 0.0263 e. The number of rotatable bonds is 0. The van der Waals surface area contributed by atoms with Crippen molar-refractivity contribution in [1.82, 2.24) is 0 Å². The molecule has 0 amide bonds. The second-order valence-corrected chi connectivity index (χ2v) is 10.7. The Bertz CT molecular complexity index is 1070. The van der Waals surface area contributed by atoms with Crippen LogP contribution in [0, 0.1) is 0 Å². The van der Waals surface area contributed by atoms with Gasteiger partial charge >= 0.3 is 0 Å². The number of hydrogen-bond acceptors (Lipinski definition) is 2. The van der Waals surface area contributed by atoms with Gasteiger partial charge in [0, 0.05) is 21.0 Å². The van der Waals surface area contributed by atoms with Crippen molar-refractivity contribution in [3.05, 3.63) is 78.7 Å². The lowest BCUT2D eigenvalue weighted by molar-refractivity contribution is 0.620. The van der Waals surface area contributed by atoms with E-state index in [-0.39, 0.29) is 0 Å². The quantitative estimate of drug-likeness (QED) is 0.408. The first-order valence-corrected chi connectivity index (χ1v) is 12.6. The molecule has 0 saturated carbocycles. The molecule has 0 bridgehead atoms. The maximum absolute atomic E-state index is 6.18. The molecule has 30 heavy (non-hydrogen) atoms. The maximum atomic E-state index is 6.18. The Morgan fingerprint density at radius 2 is 1.43 bits per heavy atom. The predicted octanol–water partition coefficient (Wildman–Crippen LogP) is 6.54. The molecule has 4 N–H and O–H groups in total. The molecule has 4 aliphatic rings. The SMILES string of the molecule is NC1CCCC2=C1Cc1cc(Br)ccc12.NC1CCCC2=C1Cc1cccc(Br)c12. The summed E-state index contributed by atoms with van der Waals surface area (Å²) in [5.41, 5.74) is 24.2. The van der Waals surface area contributed by atoms with Gasteiger partial charge in [0.2, 0.25) is 0 Å². The van der Waals surface area contributed by atoms with E-state index in [0.717, 1.165) is 25.7 Å². The summed E-state index contributed by atoms with van der Waals surface area (Å²) in [6.07, 6.45) is 9.38. The van der Waals surface area contributed by atoms with Crippen LogP contribution in [0.15, 0.2) is 56.5 Å². The van der Waals surface area contributed by atoms with E-state index < -0.39 is 0 Å². The van der Waals surface area contributed by atoms with E-state index >= 15 is 0 Å². The second-order valence-electron chi connectivity index (χ2n) is 8.93. The van der Waals surface area contributed by atoms with E-state index in [2.05, 4.69) is 68.3 Å². The Morgan fingerprint density at radius 3 is 2.20 bits per heavy atom. The Hall–Kier alpha value is -1.20. The zero-order chi connectivity index (χ0) is 20.8. The minimum absolute atomic E-state index is 0.299. The van der Waals surface area contributed by atoms with Crippen LogP contribution in [0.5, 0.6) is 0 Å². The first kappa shape index (κ1) is 20.7. The van der Waals surface area contributed by atoms with Crippen molar-refractivity contribution in [3.8, 4) is 0 Å². The number of fused-ring (bicyclic) bond motifs is 4. The number of nitrogens with two attached hydrogens (primary N) is 2. The number of hydrogen-bond donors (Lipinski definition) is 2. The lowest BCUT2D eigenvalue weighted by Gasteiger charge is -2.21. The molecule has 0 aliphatic heterocycles. The first-order chi connectivity index (χ1) is 14.5. The van der Waals surface area contributed by atoms with Crippen LogP contribution >= 0.6 is 31.9 Å². The summed E-state index contributed by atoms with van der Waals surface area (Å²) in [7, 11) is 0. The molecule has 156 valence electrons. The lowest BCUT2D eigenvalue weighted by atomic mass is 9.88. The fourth-order valence-corrected chi connectivity index (χ4v) is 6.71. The molecule has 2 unspecified atom stereocenters. The van der Waals surface area contributed by atoms with Gasteiger partial charge in [0.25, 0.3) is 0 Å². The van der Waals surface area contributed by atoms with Gasteiger partial charge in [0.15, 0.2) is 0 Å². The van der Waals surface area contributed by atoms with Crippen molar-refractivity contribution in [2.75, 3.05) is 0 Å². The molecular weight excluding hydrogens is 500 g/mol. The smallest absolute Gasteiger partial charge is 0.0263 e. The van der Waals surface area contributed by atoms with E-state index in [0.29, 0.717) is 12.1 Å². The van der Waals surface area contributed by atoms with Crippen LogP contribution in [-0.4, -0.2) is 12.1 Å². The molecule has 4 heteroatoms. The highest BCUT2D eigenvalue weighted by Gasteiger charge is 2.29.